The van der Waals surface area contributed by atoms with Gasteiger partial charge in [0, 0.05) is 41.6 Å². The number of methoxy groups -OCH3 is 1. The summed E-state index contributed by atoms with van der Waals surface area (Å²) in [7, 11) is 1.58. The lowest BCUT2D eigenvalue weighted by Crippen LogP contribution is -2.29. The number of pyridine rings is 2. The Kier molecular flexibility index (Phi) is 6.31. The normalized spacial score (nSPS) is 10.7. The number of rotatable bonds is 7. The van der Waals surface area contributed by atoms with E-state index in [4.69, 9.17) is 4.74 Å². The van der Waals surface area contributed by atoms with Gasteiger partial charge in [-0.25, -0.2) is 0 Å². The second-order valence-corrected chi connectivity index (χ2v) is 7.67. The first-order valence-electron chi connectivity index (χ1n) is 10.4. The molecule has 0 radical (unpaired) electrons. The van der Waals surface area contributed by atoms with Gasteiger partial charge in [0.15, 0.2) is 5.78 Å². The molecule has 33 heavy (non-hydrogen) atoms. The number of hydrogen-bond acceptors (Lipinski definition) is 5. The van der Waals surface area contributed by atoms with Gasteiger partial charge >= 0.3 is 0 Å². The van der Waals surface area contributed by atoms with E-state index in [-0.39, 0.29) is 23.4 Å². The molecule has 166 valence electrons. The van der Waals surface area contributed by atoms with Gasteiger partial charge in [0.1, 0.15) is 12.3 Å². The highest BCUT2D eigenvalue weighted by Gasteiger charge is 2.18. The van der Waals surface area contributed by atoms with Crippen molar-refractivity contribution < 1.29 is 14.3 Å². The highest BCUT2D eigenvalue weighted by atomic mass is 16.5. The van der Waals surface area contributed by atoms with Crippen LogP contribution in [0.2, 0.25) is 0 Å². The van der Waals surface area contributed by atoms with E-state index in [1.165, 1.54) is 18.6 Å². The summed E-state index contributed by atoms with van der Waals surface area (Å²) in [6, 6.07) is 16.0. The number of carbonyl (C=O) groups excluding carboxylic acids is 2. The molecule has 2 aromatic heterocycles. The third-order valence-corrected chi connectivity index (χ3v) is 5.41. The summed E-state index contributed by atoms with van der Waals surface area (Å²) >= 11 is 0. The molecule has 0 saturated heterocycles. The lowest BCUT2D eigenvalue weighted by atomic mass is 10.0. The minimum Gasteiger partial charge on any atom is -0.496 e. The highest BCUT2D eigenvalue weighted by Crippen LogP contribution is 2.18. The van der Waals surface area contributed by atoms with Crippen LogP contribution in [0.25, 0.3) is 10.9 Å². The number of nitrogens with one attached hydrogen (secondary N) is 1. The molecule has 7 nitrogen and oxygen atoms in total. The van der Waals surface area contributed by atoms with E-state index in [1.54, 1.807) is 35.9 Å². The van der Waals surface area contributed by atoms with E-state index >= 15 is 0 Å². The molecule has 0 atom stereocenters. The lowest BCUT2D eigenvalue weighted by Gasteiger charge is -2.14. The minimum atomic E-state index is -0.408. The number of para-hydroxylation sites is 1. The van der Waals surface area contributed by atoms with Crippen molar-refractivity contribution in [3.05, 3.63) is 106 Å². The Hall–Kier alpha value is -4.26. The number of fused-ring (bicyclic) bond motifs is 1. The average Bonchev–Trinajstić information content (AvgIpc) is 2.84. The summed E-state index contributed by atoms with van der Waals surface area (Å²) in [5.41, 5.74) is 2.34. The van der Waals surface area contributed by atoms with Gasteiger partial charge in [-0.2, -0.15) is 0 Å². The number of aromatic nitrogens is 2. The maximum Gasteiger partial charge on any atom is 0.240 e. The molecule has 1 N–H and O–H groups in total. The van der Waals surface area contributed by atoms with Gasteiger partial charge in [-0.15, -0.1) is 0 Å². The molecule has 0 unspecified atom stereocenters. The maximum absolute atomic E-state index is 13.2. The Morgan fingerprint density at radius 1 is 1.06 bits per heavy atom. The zero-order valence-corrected chi connectivity index (χ0v) is 18.4. The smallest absolute Gasteiger partial charge is 0.240 e. The molecular weight excluding hydrogens is 418 g/mol. The van der Waals surface area contributed by atoms with Crippen LogP contribution >= 0.6 is 0 Å². The molecule has 0 saturated carbocycles. The Balaban J connectivity index is 1.68. The van der Waals surface area contributed by atoms with E-state index in [2.05, 4.69) is 10.3 Å². The molecule has 2 heterocycles. The van der Waals surface area contributed by atoms with Crippen molar-refractivity contribution in [3.63, 3.8) is 0 Å². The van der Waals surface area contributed by atoms with E-state index in [9.17, 15) is 14.4 Å². The van der Waals surface area contributed by atoms with Crippen LogP contribution < -0.4 is 15.5 Å². The topological polar surface area (TPSA) is 90.3 Å². The van der Waals surface area contributed by atoms with Crippen molar-refractivity contribution in [2.75, 3.05) is 7.11 Å². The molecular formula is C26H23N3O4. The third kappa shape index (κ3) is 4.67. The van der Waals surface area contributed by atoms with Crippen molar-refractivity contribution in [1.82, 2.24) is 14.9 Å². The zero-order valence-electron chi connectivity index (χ0n) is 18.4. The largest absolute Gasteiger partial charge is 0.496 e. The van der Waals surface area contributed by atoms with E-state index in [0.717, 1.165) is 11.1 Å². The van der Waals surface area contributed by atoms with Crippen molar-refractivity contribution in [1.29, 1.82) is 0 Å². The Morgan fingerprint density at radius 3 is 2.58 bits per heavy atom. The van der Waals surface area contributed by atoms with Gasteiger partial charge in [0.05, 0.1) is 18.2 Å². The van der Waals surface area contributed by atoms with Crippen LogP contribution in [0.4, 0.5) is 0 Å². The van der Waals surface area contributed by atoms with Gasteiger partial charge in [0.2, 0.25) is 11.3 Å². The summed E-state index contributed by atoms with van der Waals surface area (Å²) in [5.74, 6) is 0.0232. The van der Waals surface area contributed by atoms with Crippen LogP contribution in [-0.2, 0) is 17.9 Å². The predicted molar refractivity (Wildman–Crippen MR) is 125 cm³/mol. The highest BCUT2D eigenvalue weighted by molar-refractivity contribution is 6.10. The first-order valence-corrected chi connectivity index (χ1v) is 10.4. The molecule has 0 bridgehead atoms. The maximum atomic E-state index is 13.2. The number of hydrogen-bond donors (Lipinski definition) is 1. The summed E-state index contributed by atoms with van der Waals surface area (Å²) in [4.78, 5) is 42.9. The monoisotopic (exact) mass is 441 g/mol. The Morgan fingerprint density at radius 2 is 1.82 bits per heavy atom. The Labute approximate surface area is 190 Å². The number of carbonyl (C=O) groups is 2. The molecule has 2 aromatic carbocycles. The summed E-state index contributed by atoms with van der Waals surface area (Å²) in [6.45, 7) is 2.12. The molecule has 4 rings (SSSR count). The zero-order chi connectivity index (χ0) is 23.4. The van der Waals surface area contributed by atoms with Crippen molar-refractivity contribution in [2.45, 2.75) is 20.0 Å². The summed E-state index contributed by atoms with van der Waals surface area (Å²) < 4.78 is 6.97. The second kappa shape index (κ2) is 9.48. The SMILES string of the molecule is COc1ccccc1CNC(=O)Cn1cc(C(=O)c2ccncc2)c(=O)c2cc(C)ccc21. The van der Waals surface area contributed by atoms with Crippen molar-refractivity contribution in [2.24, 2.45) is 0 Å². The molecule has 0 fully saturated rings. The van der Waals surface area contributed by atoms with E-state index < -0.39 is 5.78 Å². The van der Waals surface area contributed by atoms with Crippen LogP contribution in [0, 0.1) is 6.92 Å². The van der Waals surface area contributed by atoms with Crippen molar-refractivity contribution >= 4 is 22.6 Å². The minimum absolute atomic E-state index is 0.0110. The van der Waals surface area contributed by atoms with E-state index in [0.29, 0.717) is 28.8 Å². The Bertz CT molecular complexity index is 1390. The van der Waals surface area contributed by atoms with Gasteiger partial charge in [0.25, 0.3) is 0 Å². The predicted octanol–water partition coefficient (Wildman–Crippen LogP) is 3.26. The molecule has 0 aliphatic heterocycles. The molecule has 0 aliphatic carbocycles. The molecule has 4 aromatic rings. The van der Waals surface area contributed by atoms with Crippen molar-refractivity contribution in [3.8, 4) is 5.75 Å². The van der Waals surface area contributed by atoms with Gasteiger partial charge in [-0.1, -0.05) is 29.8 Å². The third-order valence-electron chi connectivity index (χ3n) is 5.41. The molecule has 0 aliphatic rings. The fourth-order valence-electron chi connectivity index (χ4n) is 3.72. The van der Waals surface area contributed by atoms with E-state index in [1.807, 2.05) is 37.3 Å². The van der Waals surface area contributed by atoms with Gasteiger partial charge in [-0.3, -0.25) is 19.4 Å². The number of benzene rings is 2. The number of nitrogens with zero attached hydrogens (tertiary/aromatic N) is 2. The molecule has 1 amide bonds. The second-order valence-electron chi connectivity index (χ2n) is 7.67. The van der Waals surface area contributed by atoms with Gasteiger partial charge < -0.3 is 14.6 Å². The number of ether oxygens (including phenoxy) is 1. The first-order chi connectivity index (χ1) is 16.0. The lowest BCUT2D eigenvalue weighted by molar-refractivity contribution is -0.121. The fourth-order valence-corrected chi connectivity index (χ4v) is 3.72. The number of aryl methyl sites for hydroxylation is 1. The number of amides is 1. The standard InChI is InChI=1S/C26H23N3O4/c1-17-7-8-22-20(13-17)26(32)21(25(31)18-9-11-27-12-10-18)15-29(22)16-24(30)28-14-19-5-3-4-6-23(19)33-2/h3-13,15H,14,16H2,1-2H3,(H,28,30). The first kappa shape index (κ1) is 22.0. The summed E-state index contributed by atoms with van der Waals surface area (Å²) in [5, 5.41) is 3.28. The van der Waals surface area contributed by atoms with Crippen LogP contribution in [0.5, 0.6) is 5.75 Å². The van der Waals surface area contributed by atoms with Crippen LogP contribution in [0.3, 0.4) is 0 Å². The fraction of sp³-hybridized carbons (Fsp3) is 0.154. The average molecular weight is 441 g/mol. The molecule has 0 spiro atoms. The summed E-state index contributed by atoms with van der Waals surface area (Å²) in [6.07, 6.45) is 4.47. The van der Waals surface area contributed by atoms with Crippen LogP contribution in [-0.4, -0.2) is 28.4 Å². The van der Waals surface area contributed by atoms with Crippen LogP contribution in [0.15, 0.2) is 78.0 Å². The van der Waals surface area contributed by atoms with Gasteiger partial charge in [-0.05, 0) is 37.3 Å². The quantitative estimate of drug-likeness (QED) is 0.445. The molecule has 7 heteroatoms. The van der Waals surface area contributed by atoms with Crippen LogP contribution in [0.1, 0.15) is 27.0 Å². The number of ketones is 1.